The highest BCUT2D eigenvalue weighted by atomic mass is 16.5. The van der Waals surface area contributed by atoms with Crippen molar-refractivity contribution >= 4 is 5.91 Å². The predicted molar refractivity (Wildman–Crippen MR) is 44.8 cm³/mol. The van der Waals surface area contributed by atoms with Crippen molar-refractivity contribution in [3.05, 3.63) is 23.4 Å². The Bertz CT molecular complexity index is 325. The molecule has 70 valence electrons. The van der Waals surface area contributed by atoms with Gasteiger partial charge in [-0.15, -0.1) is 0 Å². The maximum Gasteiger partial charge on any atom is 0.274 e. The van der Waals surface area contributed by atoms with E-state index >= 15 is 0 Å². The highest BCUT2D eigenvalue weighted by Crippen LogP contribution is 2.11. The molecule has 0 aromatic carbocycles. The van der Waals surface area contributed by atoms with Gasteiger partial charge in [0.25, 0.3) is 5.91 Å². The standard InChI is InChI=1S/C8H10N2O3/c1-5-3-6(8(11)10-12)4-7(9-5)13-2/h3-4,12H,1-2H3,(H,10,11). The number of carbonyl (C=O) groups is 1. The summed E-state index contributed by atoms with van der Waals surface area (Å²) >= 11 is 0. The highest BCUT2D eigenvalue weighted by Gasteiger charge is 2.07. The number of amides is 1. The maximum atomic E-state index is 11.0. The van der Waals surface area contributed by atoms with E-state index in [1.165, 1.54) is 18.7 Å². The minimum atomic E-state index is -0.580. The Kier molecular flexibility index (Phi) is 2.81. The second-order valence-corrected chi connectivity index (χ2v) is 2.48. The summed E-state index contributed by atoms with van der Waals surface area (Å²) in [4.78, 5) is 15.0. The number of ether oxygens (including phenoxy) is 1. The number of nitrogens with one attached hydrogen (secondary N) is 1. The average Bonchev–Trinajstić information content (AvgIpc) is 2.15. The number of nitrogens with zero attached hydrogens (tertiary/aromatic N) is 1. The summed E-state index contributed by atoms with van der Waals surface area (Å²) in [5, 5.41) is 8.38. The third-order valence-electron chi connectivity index (χ3n) is 1.50. The molecule has 0 spiro atoms. The number of hydrogen-bond donors (Lipinski definition) is 2. The molecule has 0 saturated carbocycles. The smallest absolute Gasteiger partial charge is 0.274 e. The molecule has 0 saturated heterocycles. The Labute approximate surface area is 75.3 Å². The summed E-state index contributed by atoms with van der Waals surface area (Å²) in [5.74, 6) is -0.234. The van der Waals surface area contributed by atoms with Crippen LogP contribution in [0.15, 0.2) is 12.1 Å². The van der Waals surface area contributed by atoms with Crippen molar-refractivity contribution < 1.29 is 14.7 Å². The van der Waals surface area contributed by atoms with Crippen molar-refractivity contribution in [2.45, 2.75) is 6.92 Å². The van der Waals surface area contributed by atoms with E-state index in [1.54, 1.807) is 13.0 Å². The van der Waals surface area contributed by atoms with E-state index in [2.05, 4.69) is 4.98 Å². The zero-order chi connectivity index (χ0) is 9.84. The van der Waals surface area contributed by atoms with E-state index in [0.717, 1.165) is 0 Å². The minimum absolute atomic E-state index is 0.312. The van der Waals surface area contributed by atoms with Gasteiger partial charge in [-0.05, 0) is 13.0 Å². The van der Waals surface area contributed by atoms with Crippen LogP contribution in [0, 0.1) is 6.92 Å². The summed E-state index contributed by atoms with van der Waals surface area (Å²) in [6.07, 6.45) is 0. The molecule has 0 unspecified atom stereocenters. The van der Waals surface area contributed by atoms with Crippen LogP contribution in [-0.4, -0.2) is 23.2 Å². The van der Waals surface area contributed by atoms with Gasteiger partial charge in [-0.2, -0.15) is 0 Å². The lowest BCUT2D eigenvalue weighted by molar-refractivity contribution is 0.0705. The van der Waals surface area contributed by atoms with Gasteiger partial charge in [0.2, 0.25) is 5.88 Å². The largest absolute Gasteiger partial charge is 0.481 e. The molecule has 0 radical (unpaired) electrons. The molecule has 2 N–H and O–H groups in total. The van der Waals surface area contributed by atoms with Gasteiger partial charge in [0, 0.05) is 17.3 Å². The first kappa shape index (κ1) is 9.47. The van der Waals surface area contributed by atoms with Gasteiger partial charge >= 0.3 is 0 Å². The van der Waals surface area contributed by atoms with Crippen LogP contribution < -0.4 is 10.2 Å². The molecule has 0 fully saturated rings. The number of pyridine rings is 1. The SMILES string of the molecule is COc1cc(C(=O)NO)cc(C)n1. The maximum absolute atomic E-state index is 11.0. The molecule has 0 aliphatic carbocycles. The normalized spacial score (nSPS) is 9.46. The molecule has 1 aromatic heterocycles. The number of aryl methyl sites for hydroxylation is 1. The molecular formula is C8H10N2O3. The Balaban J connectivity index is 3.08. The van der Waals surface area contributed by atoms with Crippen molar-refractivity contribution in [1.82, 2.24) is 10.5 Å². The first-order valence-corrected chi connectivity index (χ1v) is 3.64. The summed E-state index contributed by atoms with van der Waals surface area (Å²) in [7, 11) is 1.46. The third kappa shape index (κ3) is 2.16. The van der Waals surface area contributed by atoms with Gasteiger partial charge in [-0.1, -0.05) is 0 Å². The fraction of sp³-hybridized carbons (Fsp3) is 0.250. The molecule has 1 aromatic rings. The van der Waals surface area contributed by atoms with Gasteiger partial charge in [-0.3, -0.25) is 10.0 Å². The second kappa shape index (κ2) is 3.86. The molecule has 1 heterocycles. The summed E-state index contributed by atoms with van der Waals surface area (Å²) in [6, 6.07) is 2.99. The molecular weight excluding hydrogens is 172 g/mol. The van der Waals surface area contributed by atoms with Crippen LogP contribution in [-0.2, 0) is 0 Å². The Morgan fingerprint density at radius 3 is 2.85 bits per heavy atom. The van der Waals surface area contributed by atoms with Crippen LogP contribution in [0.5, 0.6) is 5.88 Å². The summed E-state index contributed by atoms with van der Waals surface area (Å²) < 4.78 is 4.86. The van der Waals surface area contributed by atoms with E-state index in [4.69, 9.17) is 9.94 Å². The molecule has 5 nitrogen and oxygen atoms in total. The van der Waals surface area contributed by atoms with Crippen molar-refractivity contribution in [3.8, 4) is 5.88 Å². The number of rotatable bonds is 2. The zero-order valence-corrected chi connectivity index (χ0v) is 7.37. The van der Waals surface area contributed by atoms with Crippen molar-refractivity contribution in [3.63, 3.8) is 0 Å². The fourth-order valence-corrected chi connectivity index (χ4v) is 0.938. The first-order valence-electron chi connectivity index (χ1n) is 3.64. The van der Waals surface area contributed by atoms with Gasteiger partial charge in [0.1, 0.15) is 0 Å². The lowest BCUT2D eigenvalue weighted by atomic mass is 10.2. The molecule has 0 aliphatic heterocycles. The monoisotopic (exact) mass is 182 g/mol. The van der Waals surface area contributed by atoms with Crippen LogP contribution in [0.2, 0.25) is 0 Å². The molecule has 5 heteroatoms. The van der Waals surface area contributed by atoms with Crippen molar-refractivity contribution in [1.29, 1.82) is 0 Å². The Morgan fingerprint density at radius 2 is 2.31 bits per heavy atom. The Morgan fingerprint density at radius 1 is 1.62 bits per heavy atom. The third-order valence-corrected chi connectivity index (χ3v) is 1.50. The van der Waals surface area contributed by atoms with Crippen LogP contribution >= 0.6 is 0 Å². The molecule has 1 amide bonds. The van der Waals surface area contributed by atoms with E-state index in [1.807, 2.05) is 0 Å². The number of hydrogen-bond acceptors (Lipinski definition) is 4. The van der Waals surface area contributed by atoms with Crippen LogP contribution in [0.3, 0.4) is 0 Å². The van der Waals surface area contributed by atoms with Crippen molar-refractivity contribution in [2.24, 2.45) is 0 Å². The molecule has 1 rings (SSSR count). The predicted octanol–water partition coefficient (Wildman–Crippen LogP) is 0.518. The average molecular weight is 182 g/mol. The lowest BCUT2D eigenvalue weighted by Gasteiger charge is -2.03. The highest BCUT2D eigenvalue weighted by molar-refractivity contribution is 5.93. The minimum Gasteiger partial charge on any atom is -0.481 e. The summed E-state index contributed by atoms with van der Waals surface area (Å²) in [5.41, 5.74) is 2.50. The molecule has 0 bridgehead atoms. The number of methoxy groups -OCH3 is 1. The van der Waals surface area contributed by atoms with E-state index < -0.39 is 5.91 Å². The van der Waals surface area contributed by atoms with Gasteiger partial charge in [-0.25, -0.2) is 10.5 Å². The lowest BCUT2D eigenvalue weighted by Crippen LogP contribution is -2.18. The van der Waals surface area contributed by atoms with Gasteiger partial charge in [0.15, 0.2) is 0 Å². The van der Waals surface area contributed by atoms with Gasteiger partial charge < -0.3 is 4.74 Å². The van der Waals surface area contributed by atoms with Crippen LogP contribution in [0.1, 0.15) is 16.1 Å². The fourth-order valence-electron chi connectivity index (χ4n) is 0.938. The quantitative estimate of drug-likeness (QED) is 0.516. The molecule has 0 aliphatic rings. The van der Waals surface area contributed by atoms with E-state index in [-0.39, 0.29) is 0 Å². The van der Waals surface area contributed by atoms with Crippen molar-refractivity contribution in [2.75, 3.05) is 7.11 Å². The van der Waals surface area contributed by atoms with E-state index in [9.17, 15) is 4.79 Å². The number of hydroxylamine groups is 1. The topological polar surface area (TPSA) is 71.5 Å². The van der Waals surface area contributed by atoms with Crippen LogP contribution in [0.25, 0.3) is 0 Å². The first-order chi connectivity index (χ1) is 6.17. The Hall–Kier alpha value is -1.62. The zero-order valence-electron chi connectivity index (χ0n) is 7.37. The van der Waals surface area contributed by atoms with Crippen LogP contribution in [0.4, 0.5) is 0 Å². The van der Waals surface area contributed by atoms with Gasteiger partial charge in [0.05, 0.1) is 7.11 Å². The molecule has 13 heavy (non-hydrogen) atoms. The molecule has 0 atom stereocenters. The van der Waals surface area contributed by atoms with E-state index in [0.29, 0.717) is 17.1 Å². The number of aromatic nitrogens is 1. The summed E-state index contributed by atoms with van der Waals surface area (Å²) in [6.45, 7) is 1.73. The number of carbonyl (C=O) groups excluding carboxylic acids is 1. The second-order valence-electron chi connectivity index (χ2n) is 2.48.